The minimum Gasteiger partial charge on any atom is -0.462 e. The van der Waals surface area contributed by atoms with Gasteiger partial charge in [-0.1, -0.05) is 212 Å². The smallest absolute Gasteiger partial charge is 0.306 e. The van der Waals surface area contributed by atoms with Crippen LogP contribution in [-0.2, 0) is 28.6 Å². The Balaban J connectivity index is 4.59. The summed E-state index contributed by atoms with van der Waals surface area (Å²) in [5.41, 5.74) is 0. The summed E-state index contributed by atoms with van der Waals surface area (Å²) in [5.74, 6) is -1.05. The fourth-order valence-corrected chi connectivity index (χ4v) is 5.79. The van der Waals surface area contributed by atoms with E-state index in [9.17, 15) is 14.4 Å². The summed E-state index contributed by atoms with van der Waals surface area (Å²) >= 11 is 0. The molecule has 0 bridgehead atoms. The molecular weight excluding hydrogens is 769 g/mol. The number of hydrogen-bond acceptors (Lipinski definition) is 6. The van der Waals surface area contributed by atoms with Gasteiger partial charge < -0.3 is 14.2 Å². The molecule has 0 aliphatic carbocycles. The van der Waals surface area contributed by atoms with Crippen molar-refractivity contribution in [3.63, 3.8) is 0 Å². The quantitative estimate of drug-likeness (QED) is 0.0201. The van der Waals surface area contributed by atoms with Crippen LogP contribution >= 0.6 is 0 Å². The van der Waals surface area contributed by atoms with E-state index < -0.39 is 6.10 Å². The Morgan fingerprint density at radius 2 is 0.677 bits per heavy atom. The molecule has 1 unspecified atom stereocenters. The SMILES string of the molecule is CC/C=C/C=C/C=C/C=C/C=C/CCCC(=O)OCC(COC(=O)CCCCCCCC/C=C/C/C=C/C/C=C/CC)OC(=O)CCCCCCC/C=C/C=C/C=C/C=C/CC. The second-order valence-electron chi connectivity index (χ2n) is 15.1. The Hall–Kier alpha value is -4.71. The van der Waals surface area contributed by atoms with E-state index in [2.05, 4.69) is 87.6 Å². The first-order chi connectivity index (χ1) is 30.5. The molecule has 0 heterocycles. The Morgan fingerprint density at radius 1 is 0.339 bits per heavy atom. The van der Waals surface area contributed by atoms with E-state index in [1.54, 1.807) is 0 Å². The van der Waals surface area contributed by atoms with Crippen LogP contribution in [0.1, 0.15) is 168 Å². The molecule has 6 heteroatoms. The predicted molar refractivity (Wildman–Crippen MR) is 265 cm³/mol. The maximum absolute atomic E-state index is 12.8. The van der Waals surface area contributed by atoms with Gasteiger partial charge in [-0.3, -0.25) is 14.4 Å². The van der Waals surface area contributed by atoms with Crippen LogP contribution < -0.4 is 0 Å². The highest BCUT2D eigenvalue weighted by molar-refractivity contribution is 5.71. The van der Waals surface area contributed by atoms with Crippen LogP contribution in [0.5, 0.6) is 0 Å². The minimum atomic E-state index is -0.830. The lowest BCUT2D eigenvalue weighted by Crippen LogP contribution is -2.30. The van der Waals surface area contributed by atoms with E-state index in [0.717, 1.165) is 109 Å². The van der Waals surface area contributed by atoms with E-state index >= 15 is 0 Å². The minimum absolute atomic E-state index is 0.124. The molecule has 0 aromatic carbocycles. The van der Waals surface area contributed by atoms with Gasteiger partial charge in [-0.25, -0.2) is 0 Å². The number of allylic oxidation sites excluding steroid dienone is 24. The molecule has 62 heavy (non-hydrogen) atoms. The van der Waals surface area contributed by atoms with Crippen LogP contribution in [0, 0.1) is 0 Å². The van der Waals surface area contributed by atoms with Crippen LogP contribution in [0.3, 0.4) is 0 Å². The number of carbonyl (C=O) groups excluding carboxylic acids is 3. The van der Waals surface area contributed by atoms with Gasteiger partial charge in [0.05, 0.1) is 0 Å². The maximum atomic E-state index is 12.8. The molecule has 0 aliphatic heterocycles. The molecule has 344 valence electrons. The highest BCUT2D eigenvalue weighted by Gasteiger charge is 2.19. The normalized spacial score (nSPS) is 13.4. The van der Waals surface area contributed by atoms with Crippen molar-refractivity contribution in [1.29, 1.82) is 0 Å². The van der Waals surface area contributed by atoms with Crippen molar-refractivity contribution in [2.24, 2.45) is 0 Å². The predicted octanol–water partition coefficient (Wildman–Crippen LogP) is 15.7. The number of unbranched alkanes of at least 4 members (excludes halogenated alkanes) is 12. The second-order valence-corrected chi connectivity index (χ2v) is 15.1. The van der Waals surface area contributed by atoms with Crippen molar-refractivity contribution < 1.29 is 28.6 Å². The zero-order valence-electron chi connectivity index (χ0n) is 39.1. The summed E-state index contributed by atoms with van der Waals surface area (Å²) in [5, 5.41) is 0. The standard InChI is InChI=1S/C56H84O6/c1-4-7-10-13-16-19-22-25-27-29-31-34-37-40-43-46-49-55(58)61-52-53(51-60-54(57)48-45-42-39-36-33-30-24-21-18-15-12-9-6-3)62-56(59)50-47-44-41-38-35-32-28-26-23-20-17-14-11-8-5-2/h7-12,14-21,23-28,30,33,36,39,53H,4-6,13,22,29,31-32,34-35,37-38,40-52H2,1-3H3/b10-7+,11-8+,12-9+,17-14+,18-15+,19-16+,23-20+,24-21+,27-25+,28-26+,33-30+,39-36+. The molecule has 0 saturated heterocycles. The summed E-state index contributed by atoms with van der Waals surface area (Å²) in [7, 11) is 0. The summed E-state index contributed by atoms with van der Waals surface area (Å²) in [6, 6.07) is 0. The summed E-state index contributed by atoms with van der Waals surface area (Å²) in [4.78, 5) is 37.9. The topological polar surface area (TPSA) is 78.9 Å². The number of rotatable bonds is 40. The Morgan fingerprint density at radius 3 is 1.16 bits per heavy atom. The average molecular weight is 853 g/mol. The van der Waals surface area contributed by atoms with E-state index in [0.29, 0.717) is 12.8 Å². The van der Waals surface area contributed by atoms with Crippen molar-refractivity contribution in [1.82, 2.24) is 0 Å². The molecule has 0 saturated carbocycles. The number of hydrogen-bond donors (Lipinski definition) is 0. The average Bonchev–Trinajstić information content (AvgIpc) is 3.27. The fraction of sp³-hybridized carbons (Fsp3) is 0.518. The summed E-state index contributed by atoms with van der Waals surface area (Å²) < 4.78 is 16.7. The van der Waals surface area contributed by atoms with Crippen LogP contribution in [0.15, 0.2) is 146 Å². The Bertz CT molecular complexity index is 1440. The zero-order valence-corrected chi connectivity index (χ0v) is 39.1. The number of ether oxygens (including phenoxy) is 3. The van der Waals surface area contributed by atoms with E-state index in [1.807, 2.05) is 79.0 Å². The second kappa shape index (κ2) is 49.0. The van der Waals surface area contributed by atoms with Gasteiger partial charge in [0.15, 0.2) is 6.10 Å². The van der Waals surface area contributed by atoms with Gasteiger partial charge in [0.25, 0.3) is 0 Å². The molecule has 0 spiro atoms. The number of esters is 3. The molecule has 0 N–H and O–H groups in total. The van der Waals surface area contributed by atoms with Gasteiger partial charge in [-0.2, -0.15) is 0 Å². The van der Waals surface area contributed by atoms with E-state index in [4.69, 9.17) is 14.2 Å². The lowest BCUT2D eigenvalue weighted by molar-refractivity contribution is -0.167. The van der Waals surface area contributed by atoms with Crippen molar-refractivity contribution in [2.45, 2.75) is 175 Å². The van der Waals surface area contributed by atoms with Gasteiger partial charge in [0, 0.05) is 19.3 Å². The van der Waals surface area contributed by atoms with Crippen molar-refractivity contribution >= 4 is 17.9 Å². The van der Waals surface area contributed by atoms with Gasteiger partial charge in [0.1, 0.15) is 13.2 Å². The maximum Gasteiger partial charge on any atom is 0.306 e. The third kappa shape index (κ3) is 46.4. The van der Waals surface area contributed by atoms with E-state index in [-0.39, 0.29) is 44.0 Å². The molecule has 0 aliphatic rings. The third-order valence-corrected chi connectivity index (χ3v) is 9.29. The highest BCUT2D eigenvalue weighted by atomic mass is 16.6. The molecule has 0 amide bonds. The van der Waals surface area contributed by atoms with Gasteiger partial charge >= 0.3 is 17.9 Å². The van der Waals surface area contributed by atoms with Crippen LogP contribution in [0.2, 0.25) is 0 Å². The molecular formula is C56H84O6. The first kappa shape index (κ1) is 57.3. The molecule has 0 fully saturated rings. The highest BCUT2D eigenvalue weighted by Crippen LogP contribution is 2.12. The monoisotopic (exact) mass is 853 g/mol. The van der Waals surface area contributed by atoms with Crippen LogP contribution in [-0.4, -0.2) is 37.2 Å². The summed E-state index contributed by atoms with van der Waals surface area (Å²) in [6.45, 7) is 6.11. The largest absolute Gasteiger partial charge is 0.462 e. The Kier molecular flexibility index (Phi) is 45.2. The Labute approximate surface area is 378 Å². The van der Waals surface area contributed by atoms with Gasteiger partial charge in [0.2, 0.25) is 0 Å². The fourth-order valence-electron chi connectivity index (χ4n) is 5.79. The first-order valence-corrected chi connectivity index (χ1v) is 24.0. The molecule has 1 atom stereocenters. The number of carbonyl (C=O) groups is 3. The van der Waals surface area contributed by atoms with Crippen LogP contribution in [0.25, 0.3) is 0 Å². The molecule has 6 nitrogen and oxygen atoms in total. The van der Waals surface area contributed by atoms with Gasteiger partial charge in [-0.05, 0) is 83.5 Å². The molecule has 0 aromatic heterocycles. The lowest BCUT2D eigenvalue weighted by atomic mass is 10.1. The van der Waals surface area contributed by atoms with Crippen molar-refractivity contribution in [3.05, 3.63) is 146 Å². The van der Waals surface area contributed by atoms with Crippen LogP contribution in [0.4, 0.5) is 0 Å². The zero-order chi connectivity index (χ0) is 45.1. The summed E-state index contributed by atoms with van der Waals surface area (Å²) in [6.07, 6.45) is 69.7. The molecule has 0 radical (unpaired) electrons. The van der Waals surface area contributed by atoms with Crippen molar-refractivity contribution in [3.8, 4) is 0 Å². The van der Waals surface area contributed by atoms with E-state index in [1.165, 1.54) is 12.8 Å². The first-order valence-electron chi connectivity index (χ1n) is 24.0. The van der Waals surface area contributed by atoms with Crippen molar-refractivity contribution in [2.75, 3.05) is 13.2 Å². The molecule has 0 aromatic rings. The molecule has 0 rings (SSSR count). The van der Waals surface area contributed by atoms with Gasteiger partial charge in [-0.15, -0.1) is 0 Å². The lowest BCUT2D eigenvalue weighted by Gasteiger charge is -2.18. The third-order valence-electron chi connectivity index (χ3n) is 9.29.